The molecule has 0 aliphatic heterocycles. The summed E-state index contributed by atoms with van der Waals surface area (Å²) in [5.74, 6) is 0. The summed E-state index contributed by atoms with van der Waals surface area (Å²) in [6.07, 6.45) is 22.2. The predicted molar refractivity (Wildman–Crippen MR) is 100 cm³/mol. The molecule has 2 heteroatoms. The summed E-state index contributed by atoms with van der Waals surface area (Å²) in [6, 6.07) is 0. The Bertz CT molecular complexity index is 196. The summed E-state index contributed by atoms with van der Waals surface area (Å²) in [6.45, 7) is 5.58. The normalized spacial score (nSPS) is 11.5. The van der Waals surface area contributed by atoms with Crippen LogP contribution in [0.4, 0.5) is 0 Å². The van der Waals surface area contributed by atoms with Crippen LogP contribution in [0.2, 0.25) is 0 Å². The molecule has 0 aromatic carbocycles. The largest absolute Gasteiger partial charge is 0.785 e. The Kier molecular flexibility index (Phi) is 18.9. The average Bonchev–Trinajstić information content (AvgIpc) is 2.54. The van der Waals surface area contributed by atoms with Gasteiger partial charge in [-0.05, 0) is 19.5 Å². The molecule has 0 bridgehead atoms. The van der Waals surface area contributed by atoms with Gasteiger partial charge in [-0.1, -0.05) is 110 Å². The number of unbranched alkanes of at least 4 members (excludes halogenated alkanes) is 15. The Labute approximate surface area is 140 Å². The molecule has 0 N–H and O–H groups in total. The molecule has 0 aliphatic carbocycles. The van der Waals surface area contributed by atoms with Gasteiger partial charge in [0.25, 0.3) is 0 Å². The highest BCUT2D eigenvalue weighted by Crippen LogP contribution is 2.13. The standard InChI is InChI=1S/C20H42NO/c1-3-5-6-7-8-9-10-11-12-13-14-15-16-17-18-19-20-21(22)4-2/h3-20H2,1-2H3/q-1. The SMILES string of the molecule is CCCCCCCCCCCCCCCCCCN([O-])CC. The van der Waals surface area contributed by atoms with Gasteiger partial charge in [0.05, 0.1) is 0 Å². The van der Waals surface area contributed by atoms with E-state index in [1.165, 1.54) is 101 Å². The van der Waals surface area contributed by atoms with Crippen molar-refractivity contribution in [3.8, 4) is 0 Å². The van der Waals surface area contributed by atoms with Crippen LogP contribution in [0.15, 0.2) is 0 Å². The van der Waals surface area contributed by atoms with Crippen molar-refractivity contribution in [2.45, 2.75) is 117 Å². The molecular formula is C20H42NO-. The minimum atomic E-state index is 0.638. The van der Waals surface area contributed by atoms with E-state index in [9.17, 15) is 5.21 Å². The van der Waals surface area contributed by atoms with E-state index < -0.39 is 0 Å². The smallest absolute Gasteiger partial charge is 0.0145 e. The van der Waals surface area contributed by atoms with Crippen molar-refractivity contribution >= 4 is 0 Å². The highest BCUT2D eigenvalue weighted by Gasteiger charge is 1.94. The molecule has 0 unspecified atom stereocenters. The van der Waals surface area contributed by atoms with Gasteiger partial charge in [-0.2, -0.15) is 0 Å². The lowest BCUT2D eigenvalue weighted by molar-refractivity contribution is 0.380. The lowest BCUT2D eigenvalue weighted by Gasteiger charge is -2.25. The third-order valence-electron chi connectivity index (χ3n) is 4.61. The van der Waals surface area contributed by atoms with Gasteiger partial charge >= 0.3 is 0 Å². The van der Waals surface area contributed by atoms with Crippen LogP contribution < -0.4 is 0 Å². The number of hydroxylamine groups is 2. The van der Waals surface area contributed by atoms with Crippen molar-refractivity contribution < 1.29 is 0 Å². The van der Waals surface area contributed by atoms with Gasteiger partial charge in [-0.15, -0.1) is 0 Å². The van der Waals surface area contributed by atoms with Gasteiger partial charge in [0, 0.05) is 0 Å². The molecule has 0 atom stereocenters. The summed E-state index contributed by atoms with van der Waals surface area (Å²) in [4.78, 5) is 0. The van der Waals surface area contributed by atoms with Crippen LogP contribution in [0.1, 0.15) is 117 Å². The Morgan fingerprint density at radius 2 is 0.818 bits per heavy atom. The summed E-state index contributed by atoms with van der Waals surface area (Å²) in [5.41, 5.74) is 0. The van der Waals surface area contributed by atoms with E-state index in [0.717, 1.165) is 13.0 Å². The minimum Gasteiger partial charge on any atom is -0.785 e. The quantitative estimate of drug-likeness (QED) is 0.200. The fourth-order valence-electron chi connectivity index (χ4n) is 2.99. The summed E-state index contributed by atoms with van der Waals surface area (Å²) in [5, 5.41) is 12.2. The molecule has 0 saturated carbocycles. The fraction of sp³-hybridized carbons (Fsp3) is 1.00. The molecule has 0 aliphatic rings. The Morgan fingerprint density at radius 3 is 1.14 bits per heavy atom. The van der Waals surface area contributed by atoms with E-state index >= 15 is 0 Å². The molecule has 2 nitrogen and oxygen atoms in total. The number of hydrogen-bond donors (Lipinski definition) is 0. The summed E-state index contributed by atoms with van der Waals surface area (Å²) >= 11 is 0. The van der Waals surface area contributed by atoms with Crippen molar-refractivity contribution in [1.82, 2.24) is 5.06 Å². The third kappa shape index (κ3) is 18.0. The lowest BCUT2D eigenvalue weighted by Crippen LogP contribution is -2.16. The summed E-state index contributed by atoms with van der Waals surface area (Å²) < 4.78 is 0. The zero-order valence-corrected chi connectivity index (χ0v) is 15.6. The first-order chi connectivity index (χ1) is 10.8. The molecule has 0 spiro atoms. The second-order valence-corrected chi connectivity index (χ2v) is 6.82. The van der Waals surface area contributed by atoms with E-state index in [1.54, 1.807) is 0 Å². The Balaban J connectivity index is 2.97. The van der Waals surface area contributed by atoms with Crippen LogP contribution in [0.5, 0.6) is 0 Å². The van der Waals surface area contributed by atoms with Gasteiger partial charge in [0.15, 0.2) is 0 Å². The van der Waals surface area contributed by atoms with E-state index in [-0.39, 0.29) is 0 Å². The maximum atomic E-state index is 11.1. The zero-order valence-electron chi connectivity index (χ0n) is 15.6. The van der Waals surface area contributed by atoms with Crippen LogP contribution in [0.25, 0.3) is 0 Å². The maximum Gasteiger partial charge on any atom is -0.0145 e. The summed E-state index contributed by atoms with van der Waals surface area (Å²) in [7, 11) is 0. The number of hydrogen-bond acceptors (Lipinski definition) is 2. The van der Waals surface area contributed by atoms with Gasteiger partial charge in [-0.25, -0.2) is 0 Å². The van der Waals surface area contributed by atoms with Crippen molar-refractivity contribution in [2.24, 2.45) is 0 Å². The molecule has 0 saturated heterocycles. The minimum absolute atomic E-state index is 0.638. The first-order valence-corrected chi connectivity index (χ1v) is 10.2. The number of rotatable bonds is 18. The topological polar surface area (TPSA) is 26.3 Å². The molecule has 134 valence electrons. The average molecular weight is 313 g/mol. The second kappa shape index (κ2) is 19.0. The molecule has 0 aromatic rings. The fourth-order valence-corrected chi connectivity index (χ4v) is 2.99. The van der Waals surface area contributed by atoms with Gasteiger partial charge in [0.1, 0.15) is 0 Å². The van der Waals surface area contributed by atoms with Crippen LogP contribution in [-0.2, 0) is 0 Å². The first kappa shape index (κ1) is 21.9. The molecule has 0 fully saturated rings. The van der Waals surface area contributed by atoms with Crippen molar-refractivity contribution in [2.75, 3.05) is 13.1 Å². The molecular weight excluding hydrogens is 270 g/mol. The van der Waals surface area contributed by atoms with Gasteiger partial charge in [-0.3, -0.25) is 0 Å². The first-order valence-electron chi connectivity index (χ1n) is 10.2. The van der Waals surface area contributed by atoms with E-state index in [2.05, 4.69) is 6.92 Å². The monoisotopic (exact) mass is 312 g/mol. The zero-order chi connectivity index (χ0) is 16.3. The van der Waals surface area contributed by atoms with E-state index in [0.29, 0.717) is 6.54 Å². The van der Waals surface area contributed by atoms with Crippen LogP contribution in [-0.4, -0.2) is 18.2 Å². The Hall–Kier alpha value is -0.0800. The third-order valence-corrected chi connectivity index (χ3v) is 4.61. The number of nitrogens with zero attached hydrogens (tertiary/aromatic N) is 1. The molecule has 0 aromatic heterocycles. The second-order valence-electron chi connectivity index (χ2n) is 6.82. The van der Waals surface area contributed by atoms with Crippen molar-refractivity contribution in [1.29, 1.82) is 0 Å². The Morgan fingerprint density at radius 1 is 0.500 bits per heavy atom. The lowest BCUT2D eigenvalue weighted by atomic mass is 10.0. The highest BCUT2D eigenvalue weighted by molar-refractivity contribution is 4.55. The molecule has 0 rings (SSSR count). The van der Waals surface area contributed by atoms with Crippen molar-refractivity contribution in [3.05, 3.63) is 5.21 Å². The van der Waals surface area contributed by atoms with Crippen LogP contribution in [0.3, 0.4) is 0 Å². The molecule has 0 heterocycles. The van der Waals surface area contributed by atoms with Gasteiger partial charge < -0.3 is 10.3 Å². The molecule has 22 heavy (non-hydrogen) atoms. The molecule has 0 radical (unpaired) electrons. The maximum absolute atomic E-state index is 11.1. The van der Waals surface area contributed by atoms with Crippen LogP contribution >= 0.6 is 0 Å². The molecule has 0 amide bonds. The predicted octanol–water partition coefficient (Wildman–Crippen LogP) is 7.07. The van der Waals surface area contributed by atoms with Crippen molar-refractivity contribution in [3.63, 3.8) is 0 Å². The van der Waals surface area contributed by atoms with E-state index in [1.807, 2.05) is 6.92 Å². The van der Waals surface area contributed by atoms with Crippen LogP contribution in [0, 0.1) is 5.21 Å². The van der Waals surface area contributed by atoms with Gasteiger partial charge in [0.2, 0.25) is 0 Å². The van der Waals surface area contributed by atoms with E-state index in [4.69, 9.17) is 0 Å². The highest BCUT2D eigenvalue weighted by atomic mass is 16.5.